The second kappa shape index (κ2) is 1.96. The molecule has 1 rings (SSSR count). The summed E-state index contributed by atoms with van der Waals surface area (Å²) >= 11 is 4.63. The van der Waals surface area contributed by atoms with Gasteiger partial charge in [0.25, 0.3) is 0 Å². The molecule has 0 unspecified atom stereocenters. The molecule has 0 saturated carbocycles. The van der Waals surface area contributed by atoms with Crippen molar-refractivity contribution >= 4 is 40.0 Å². The van der Waals surface area contributed by atoms with Gasteiger partial charge in [-0.2, -0.15) is 0 Å². The lowest BCUT2D eigenvalue weighted by atomic mass is 10.2. The Kier molecular flexibility index (Phi) is 1.49. The molecule has 1 aromatic rings. The molecule has 0 aliphatic heterocycles. The van der Waals surface area contributed by atoms with Gasteiger partial charge in [-0.15, -0.1) is 11.3 Å². The Morgan fingerprint density at radius 1 is 1.86 bits per heavy atom. The molecule has 4 heteroatoms. The van der Waals surface area contributed by atoms with Crippen LogP contribution in [0.3, 0.4) is 0 Å². The average Bonchev–Trinajstić information content (AvgIpc) is 1.87. The Balaban J connectivity index is 3.04. The van der Waals surface area contributed by atoms with Gasteiger partial charge < -0.3 is 0 Å². The van der Waals surface area contributed by atoms with Crippen LogP contribution in [0.5, 0.6) is 0 Å². The SMILES string of the molecule is [B]c1ncc(Br)s1. The van der Waals surface area contributed by atoms with Crippen LogP contribution in [0.15, 0.2) is 9.98 Å². The lowest BCUT2D eigenvalue weighted by molar-refractivity contribution is 1.46. The fourth-order valence-electron chi connectivity index (χ4n) is 0.267. The van der Waals surface area contributed by atoms with Crippen LogP contribution >= 0.6 is 27.3 Å². The molecule has 0 aliphatic carbocycles. The number of rotatable bonds is 0. The molecule has 1 nitrogen and oxygen atoms in total. The number of halogens is 1. The van der Waals surface area contributed by atoms with E-state index in [0.29, 0.717) is 4.91 Å². The van der Waals surface area contributed by atoms with Gasteiger partial charge >= 0.3 is 0 Å². The van der Waals surface area contributed by atoms with Crippen LogP contribution in [0.4, 0.5) is 0 Å². The molecule has 1 heterocycles. The minimum absolute atomic E-state index is 0.604. The van der Waals surface area contributed by atoms with Gasteiger partial charge in [-0.3, -0.25) is 4.98 Å². The Labute approximate surface area is 55.3 Å². The van der Waals surface area contributed by atoms with Gasteiger partial charge in [-0.1, -0.05) is 0 Å². The summed E-state index contributed by atoms with van der Waals surface area (Å²) < 4.78 is 0.977. The highest BCUT2D eigenvalue weighted by Gasteiger charge is 1.87. The summed E-state index contributed by atoms with van der Waals surface area (Å²) in [6.07, 6.45) is 1.68. The maximum absolute atomic E-state index is 5.26. The van der Waals surface area contributed by atoms with Crippen LogP contribution in [0.2, 0.25) is 0 Å². The molecule has 2 radical (unpaired) electrons. The van der Waals surface area contributed by atoms with E-state index in [9.17, 15) is 0 Å². The Hall–Kier alpha value is 0.175. The monoisotopic (exact) mass is 173 g/mol. The zero-order valence-electron chi connectivity index (χ0n) is 3.39. The first-order valence-corrected chi connectivity index (χ1v) is 3.27. The van der Waals surface area contributed by atoms with Gasteiger partial charge in [0.2, 0.25) is 0 Å². The summed E-state index contributed by atoms with van der Waals surface area (Å²) in [5.41, 5.74) is 0. The largest absolute Gasteiger partial charge is 0.260 e. The first-order chi connectivity index (χ1) is 3.29. The van der Waals surface area contributed by atoms with Gasteiger partial charge in [0.15, 0.2) is 7.85 Å². The maximum Gasteiger partial charge on any atom is 0.157 e. The van der Waals surface area contributed by atoms with Crippen LogP contribution in [0.25, 0.3) is 0 Å². The first kappa shape index (κ1) is 5.31. The third-order valence-electron chi connectivity index (χ3n) is 0.495. The van der Waals surface area contributed by atoms with Crippen molar-refractivity contribution in [2.24, 2.45) is 0 Å². The molecular formula is C3HBBrNS. The Morgan fingerprint density at radius 3 is 2.71 bits per heavy atom. The van der Waals surface area contributed by atoms with Crippen molar-refractivity contribution in [3.8, 4) is 0 Å². The summed E-state index contributed by atoms with van der Waals surface area (Å²) in [5.74, 6) is 0. The molecule has 0 fully saturated rings. The Bertz CT molecular complexity index is 147. The zero-order chi connectivity index (χ0) is 5.28. The molecule has 34 valence electrons. The van der Waals surface area contributed by atoms with Gasteiger partial charge in [0.05, 0.1) is 9.98 Å². The summed E-state index contributed by atoms with van der Waals surface area (Å²) in [4.78, 5) is 4.37. The third kappa shape index (κ3) is 1.28. The summed E-state index contributed by atoms with van der Waals surface area (Å²) in [5, 5.41) is 0. The van der Waals surface area contributed by atoms with E-state index in [-0.39, 0.29) is 0 Å². The van der Waals surface area contributed by atoms with Crippen molar-refractivity contribution in [3.05, 3.63) is 9.98 Å². The van der Waals surface area contributed by atoms with Crippen LogP contribution in [-0.4, -0.2) is 12.8 Å². The van der Waals surface area contributed by atoms with Crippen LogP contribution in [0, 0.1) is 0 Å². The molecule has 0 N–H and O–H groups in total. The molecule has 0 bridgehead atoms. The zero-order valence-corrected chi connectivity index (χ0v) is 5.79. The predicted molar refractivity (Wildman–Crippen MR) is 35.2 cm³/mol. The van der Waals surface area contributed by atoms with Crippen LogP contribution in [-0.2, 0) is 0 Å². The van der Waals surface area contributed by atoms with Gasteiger partial charge in [-0.25, -0.2) is 0 Å². The topological polar surface area (TPSA) is 12.9 Å². The Morgan fingerprint density at radius 2 is 2.57 bits per heavy atom. The smallest absolute Gasteiger partial charge is 0.157 e. The second-order valence-electron chi connectivity index (χ2n) is 1.00. The number of hydrogen-bond acceptors (Lipinski definition) is 2. The summed E-state index contributed by atoms with van der Waals surface area (Å²) in [7, 11) is 5.26. The molecule has 0 atom stereocenters. The number of hydrogen-bond donors (Lipinski definition) is 0. The van der Waals surface area contributed by atoms with E-state index in [4.69, 9.17) is 7.85 Å². The molecule has 0 aliphatic rings. The lowest BCUT2D eigenvalue weighted by Gasteiger charge is -1.67. The first-order valence-electron chi connectivity index (χ1n) is 1.66. The summed E-state index contributed by atoms with van der Waals surface area (Å²) in [6.45, 7) is 0. The van der Waals surface area contributed by atoms with Crippen molar-refractivity contribution in [3.63, 3.8) is 0 Å². The molecule has 0 spiro atoms. The van der Waals surface area contributed by atoms with Crippen LogP contribution < -0.4 is 4.91 Å². The maximum atomic E-state index is 5.26. The highest BCUT2D eigenvalue weighted by Crippen LogP contribution is 2.10. The van der Waals surface area contributed by atoms with Gasteiger partial charge in [-0.05, 0) is 15.9 Å². The fraction of sp³-hybridized carbons (Fsp3) is 0. The van der Waals surface area contributed by atoms with E-state index in [0.717, 1.165) is 3.79 Å². The number of nitrogens with zero attached hydrogens (tertiary/aromatic N) is 1. The van der Waals surface area contributed by atoms with Crippen LogP contribution in [0.1, 0.15) is 0 Å². The van der Waals surface area contributed by atoms with E-state index in [1.807, 2.05) is 0 Å². The van der Waals surface area contributed by atoms with Gasteiger partial charge in [0.1, 0.15) is 0 Å². The molecule has 0 aromatic carbocycles. The predicted octanol–water partition coefficient (Wildman–Crippen LogP) is 0.699. The highest BCUT2D eigenvalue weighted by atomic mass is 79.9. The molecule has 7 heavy (non-hydrogen) atoms. The average molecular weight is 174 g/mol. The highest BCUT2D eigenvalue weighted by molar-refractivity contribution is 9.11. The van der Waals surface area contributed by atoms with E-state index in [1.165, 1.54) is 11.3 Å². The van der Waals surface area contributed by atoms with Crippen molar-refractivity contribution in [1.82, 2.24) is 4.98 Å². The standard InChI is InChI=1S/C3HBBrNS/c4-3-6-1-2(5)7-3/h1H. The van der Waals surface area contributed by atoms with Crippen molar-refractivity contribution in [2.45, 2.75) is 0 Å². The van der Waals surface area contributed by atoms with E-state index in [1.54, 1.807) is 6.20 Å². The molecular weight excluding hydrogens is 173 g/mol. The number of aromatic nitrogens is 1. The summed E-state index contributed by atoms with van der Waals surface area (Å²) in [6, 6.07) is 0. The molecule has 1 aromatic heterocycles. The van der Waals surface area contributed by atoms with E-state index < -0.39 is 0 Å². The quantitative estimate of drug-likeness (QED) is 0.527. The van der Waals surface area contributed by atoms with Crippen molar-refractivity contribution < 1.29 is 0 Å². The molecule has 0 saturated heterocycles. The van der Waals surface area contributed by atoms with E-state index >= 15 is 0 Å². The number of thiazole rings is 1. The minimum atomic E-state index is 0.604. The second-order valence-corrected chi connectivity index (χ2v) is 3.44. The van der Waals surface area contributed by atoms with Gasteiger partial charge in [0, 0.05) is 4.91 Å². The minimum Gasteiger partial charge on any atom is -0.260 e. The normalized spacial score (nSPS) is 9.29. The third-order valence-corrected chi connectivity index (χ3v) is 1.80. The van der Waals surface area contributed by atoms with Crippen molar-refractivity contribution in [2.75, 3.05) is 0 Å². The van der Waals surface area contributed by atoms with Crippen molar-refractivity contribution in [1.29, 1.82) is 0 Å². The lowest BCUT2D eigenvalue weighted by Crippen LogP contribution is -1.95. The van der Waals surface area contributed by atoms with E-state index in [2.05, 4.69) is 20.9 Å². The fourth-order valence-corrected chi connectivity index (χ4v) is 1.28. The molecule has 0 amide bonds.